The van der Waals surface area contributed by atoms with E-state index in [0.717, 1.165) is 18.7 Å². The minimum atomic E-state index is -0.351. The minimum absolute atomic E-state index is 0.119. The van der Waals surface area contributed by atoms with Crippen LogP contribution in [0, 0.1) is 17.0 Å². The lowest BCUT2D eigenvalue weighted by Gasteiger charge is -2.12. The second-order valence-electron chi connectivity index (χ2n) is 4.64. The average Bonchev–Trinajstić information content (AvgIpc) is 2.89. The number of hydrogen-bond donors (Lipinski definition) is 0. The summed E-state index contributed by atoms with van der Waals surface area (Å²) < 4.78 is 5.22. The molecule has 19 heavy (non-hydrogen) atoms. The van der Waals surface area contributed by atoms with Gasteiger partial charge in [-0.15, -0.1) is 0 Å². The normalized spacial score (nSPS) is 15.2. The van der Waals surface area contributed by atoms with Crippen LogP contribution in [0.2, 0.25) is 0 Å². The second kappa shape index (κ2) is 5.73. The van der Waals surface area contributed by atoms with E-state index in [4.69, 9.17) is 4.74 Å². The molecule has 0 aliphatic carbocycles. The monoisotopic (exact) mass is 262 g/mol. The molecule has 0 bridgehead atoms. The lowest BCUT2D eigenvalue weighted by molar-refractivity contribution is -0.385. The molecule has 0 radical (unpaired) electrons. The molecule has 5 heteroatoms. The van der Waals surface area contributed by atoms with Crippen molar-refractivity contribution in [2.75, 3.05) is 20.2 Å². The number of nitro benzene ring substituents is 1. The van der Waals surface area contributed by atoms with Crippen molar-refractivity contribution in [1.29, 1.82) is 0 Å². The van der Waals surface area contributed by atoms with Gasteiger partial charge in [-0.3, -0.25) is 10.1 Å². The third-order valence-electron chi connectivity index (χ3n) is 3.45. The van der Waals surface area contributed by atoms with Crippen molar-refractivity contribution >= 4 is 11.8 Å². The van der Waals surface area contributed by atoms with Gasteiger partial charge in [0.25, 0.3) is 5.69 Å². The maximum atomic E-state index is 11.1. The zero-order valence-corrected chi connectivity index (χ0v) is 11.3. The van der Waals surface area contributed by atoms with Crippen LogP contribution in [-0.2, 0) is 0 Å². The van der Waals surface area contributed by atoms with Crippen LogP contribution in [0.1, 0.15) is 24.0 Å². The van der Waals surface area contributed by atoms with Gasteiger partial charge < -0.3 is 9.64 Å². The molecule has 0 aromatic heterocycles. The first-order valence-electron chi connectivity index (χ1n) is 6.37. The van der Waals surface area contributed by atoms with Crippen LogP contribution < -0.4 is 4.74 Å². The molecule has 0 N–H and O–H groups in total. The van der Waals surface area contributed by atoms with Crippen molar-refractivity contribution in [3.8, 4) is 5.75 Å². The van der Waals surface area contributed by atoms with E-state index >= 15 is 0 Å². The smallest absolute Gasteiger partial charge is 0.277 e. The fraction of sp³-hybridized carbons (Fsp3) is 0.429. The molecule has 1 aromatic carbocycles. The average molecular weight is 262 g/mol. The van der Waals surface area contributed by atoms with Gasteiger partial charge in [0.2, 0.25) is 0 Å². The van der Waals surface area contributed by atoms with Crippen LogP contribution in [0.5, 0.6) is 5.75 Å². The van der Waals surface area contributed by atoms with E-state index in [-0.39, 0.29) is 10.6 Å². The first kappa shape index (κ1) is 13.4. The van der Waals surface area contributed by atoms with Crippen molar-refractivity contribution < 1.29 is 9.66 Å². The van der Waals surface area contributed by atoms with Crippen molar-refractivity contribution in [2.24, 2.45) is 0 Å². The van der Waals surface area contributed by atoms with E-state index < -0.39 is 0 Å². The molecule has 0 atom stereocenters. The van der Waals surface area contributed by atoms with Crippen LogP contribution in [0.3, 0.4) is 0 Å². The Hall–Kier alpha value is -2.04. The van der Waals surface area contributed by atoms with E-state index in [0.29, 0.717) is 11.3 Å². The Labute approximate surface area is 112 Å². The highest BCUT2D eigenvalue weighted by molar-refractivity contribution is 5.67. The highest BCUT2D eigenvalue weighted by atomic mass is 16.6. The van der Waals surface area contributed by atoms with E-state index in [1.54, 1.807) is 13.2 Å². The Kier molecular flexibility index (Phi) is 4.04. The molecule has 1 aliphatic heterocycles. The molecular weight excluding hydrogens is 244 g/mol. The van der Waals surface area contributed by atoms with Gasteiger partial charge in [0.1, 0.15) is 5.75 Å². The molecule has 1 fully saturated rings. The largest absolute Gasteiger partial charge is 0.496 e. The summed E-state index contributed by atoms with van der Waals surface area (Å²) in [6.07, 6.45) is 6.14. The molecule has 1 aliphatic rings. The van der Waals surface area contributed by atoms with Gasteiger partial charge >= 0.3 is 0 Å². The number of methoxy groups -OCH3 is 1. The van der Waals surface area contributed by atoms with Gasteiger partial charge in [-0.05, 0) is 38.1 Å². The van der Waals surface area contributed by atoms with E-state index in [1.807, 2.05) is 19.2 Å². The number of likely N-dealkylation sites (tertiary alicyclic amines) is 1. The molecular formula is C14H18N2O3. The van der Waals surface area contributed by atoms with Gasteiger partial charge in [0.05, 0.1) is 17.6 Å². The zero-order chi connectivity index (χ0) is 13.8. The fourth-order valence-corrected chi connectivity index (χ4v) is 2.36. The Morgan fingerprint density at radius 3 is 2.63 bits per heavy atom. The predicted octanol–water partition coefficient (Wildman–Crippen LogP) is 2.98. The highest BCUT2D eigenvalue weighted by Crippen LogP contribution is 2.30. The number of rotatable bonds is 4. The van der Waals surface area contributed by atoms with Crippen LogP contribution in [0.25, 0.3) is 6.08 Å². The molecule has 0 unspecified atom stereocenters. The molecule has 102 valence electrons. The summed E-state index contributed by atoms with van der Waals surface area (Å²) in [5.41, 5.74) is 1.54. The highest BCUT2D eigenvalue weighted by Gasteiger charge is 2.17. The maximum Gasteiger partial charge on any atom is 0.277 e. The lowest BCUT2D eigenvalue weighted by atomic mass is 10.1. The van der Waals surface area contributed by atoms with Crippen LogP contribution in [0.4, 0.5) is 5.69 Å². The SMILES string of the molecule is COc1ccc([N+](=O)[O-])c(/C=C/N2CCCC2)c1C. The van der Waals surface area contributed by atoms with E-state index in [9.17, 15) is 10.1 Å². The second-order valence-corrected chi connectivity index (χ2v) is 4.64. The van der Waals surface area contributed by atoms with Crippen molar-refractivity contribution in [3.05, 3.63) is 39.6 Å². The van der Waals surface area contributed by atoms with Crippen LogP contribution in [-0.4, -0.2) is 30.0 Å². The Morgan fingerprint density at radius 2 is 2.05 bits per heavy atom. The number of ether oxygens (including phenoxy) is 1. The first-order chi connectivity index (χ1) is 9.13. The van der Waals surface area contributed by atoms with Gasteiger partial charge in [0, 0.05) is 24.7 Å². The number of nitro groups is 1. The number of benzene rings is 1. The van der Waals surface area contributed by atoms with Crippen LogP contribution >= 0.6 is 0 Å². The summed E-state index contributed by atoms with van der Waals surface area (Å²) in [7, 11) is 1.57. The Morgan fingerprint density at radius 1 is 1.37 bits per heavy atom. The van der Waals surface area contributed by atoms with Gasteiger partial charge in [-0.2, -0.15) is 0 Å². The van der Waals surface area contributed by atoms with Crippen molar-refractivity contribution in [1.82, 2.24) is 4.90 Å². The van der Waals surface area contributed by atoms with Crippen LogP contribution in [0.15, 0.2) is 18.3 Å². The number of nitrogens with zero attached hydrogens (tertiary/aromatic N) is 2. The summed E-state index contributed by atoms with van der Waals surface area (Å²) in [4.78, 5) is 12.9. The standard InChI is InChI=1S/C14H18N2O3/c1-11-12(7-10-15-8-3-4-9-15)13(16(17)18)5-6-14(11)19-2/h5-7,10H,3-4,8-9H2,1-2H3/b10-7+. The molecule has 1 aromatic rings. The Bertz CT molecular complexity index is 506. The number of hydrogen-bond acceptors (Lipinski definition) is 4. The first-order valence-corrected chi connectivity index (χ1v) is 6.37. The third-order valence-corrected chi connectivity index (χ3v) is 3.45. The van der Waals surface area contributed by atoms with Crippen molar-refractivity contribution in [3.63, 3.8) is 0 Å². The summed E-state index contributed by atoms with van der Waals surface area (Å²) >= 11 is 0. The minimum Gasteiger partial charge on any atom is -0.496 e. The van der Waals surface area contributed by atoms with Crippen molar-refractivity contribution in [2.45, 2.75) is 19.8 Å². The van der Waals surface area contributed by atoms with Gasteiger partial charge in [-0.25, -0.2) is 0 Å². The molecule has 0 saturated carbocycles. The predicted molar refractivity (Wildman–Crippen MR) is 74.2 cm³/mol. The van der Waals surface area contributed by atoms with Gasteiger partial charge in [0.15, 0.2) is 0 Å². The van der Waals surface area contributed by atoms with Gasteiger partial charge in [-0.1, -0.05) is 0 Å². The lowest BCUT2D eigenvalue weighted by Crippen LogP contribution is -2.10. The molecule has 5 nitrogen and oxygen atoms in total. The third kappa shape index (κ3) is 2.86. The van der Waals surface area contributed by atoms with E-state index in [2.05, 4.69) is 4.90 Å². The molecule has 0 amide bonds. The summed E-state index contributed by atoms with van der Waals surface area (Å²) in [5, 5.41) is 11.1. The summed E-state index contributed by atoms with van der Waals surface area (Å²) in [6, 6.07) is 3.14. The topological polar surface area (TPSA) is 55.6 Å². The fourth-order valence-electron chi connectivity index (χ4n) is 2.36. The molecule has 1 saturated heterocycles. The van der Waals surface area contributed by atoms with E-state index in [1.165, 1.54) is 18.9 Å². The molecule has 0 spiro atoms. The maximum absolute atomic E-state index is 11.1. The summed E-state index contributed by atoms with van der Waals surface area (Å²) in [5.74, 6) is 0.673. The molecule has 2 rings (SSSR count). The quantitative estimate of drug-likeness (QED) is 0.618. The zero-order valence-electron chi connectivity index (χ0n) is 11.3. The Balaban J connectivity index is 2.37. The molecule has 1 heterocycles. The summed E-state index contributed by atoms with van der Waals surface area (Å²) in [6.45, 7) is 3.89.